The van der Waals surface area contributed by atoms with E-state index in [9.17, 15) is 38.4 Å². The van der Waals surface area contributed by atoms with Crippen molar-refractivity contribution in [1.82, 2.24) is 42.5 Å². The van der Waals surface area contributed by atoms with Crippen LogP contribution in [0.1, 0.15) is 180 Å². The van der Waals surface area contributed by atoms with Crippen LogP contribution in [0, 0.1) is 0 Å². The third-order valence-electron chi connectivity index (χ3n) is 13.8. The molecule has 0 aliphatic carbocycles. The minimum Gasteiger partial charge on any atom is -0.355 e. The molecule has 0 bridgehead atoms. The Bertz CT molecular complexity index is 1700. The molecule has 0 heterocycles. The smallest absolute Gasteiger partial charge is 0.237 e. The number of carbonyl (C=O) groups excluding carboxylic acids is 8. The van der Waals surface area contributed by atoms with Gasteiger partial charge in [-0.1, -0.05) is 12.8 Å². The van der Waals surface area contributed by atoms with Gasteiger partial charge >= 0.3 is 0 Å². The number of nitrogens with two attached hydrogens (primary N) is 10. The topological polar surface area (TPSA) is 493 Å². The van der Waals surface area contributed by atoms with E-state index in [4.69, 9.17) is 57.3 Å². The second kappa shape index (κ2) is 49.0. The number of carbonyl (C=O) groups is 8. The zero-order chi connectivity index (χ0) is 59.9. The molecular weight excluding hydrogens is 1030 g/mol. The number of hydrogen-bond acceptors (Lipinski definition) is 18. The van der Waals surface area contributed by atoms with Gasteiger partial charge in [-0.05, 0) is 181 Å². The van der Waals surface area contributed by atoms with E-state index >= 15 is 0 Å². The summed E-state index contributed by atoms with van der Waals surface area (Å²) in [4.78, 5) is 99.0. The summed E-state index contributed by atoms with van der Waals surface area (Å²) in [6.45, 7) is 6.12. The monoisotopic (exact) mass is 1140 g/mol. The summed E-state index contributed by atoms with van der Waals surface area (Å²) in [7, 11) is 0. The van der Waals surface area contributed by atoms with E-state index in [1.807, 2.05) is 6.92 Å². The number of amides is 8. The van der Waals surface area contributed by atoms with E-state index in [-0.39, 0.29) is 53.3 Å². The van der Waals surface area contributed by atoms with Crippen LogP contribution in [0.4, 0.5) is 0 Å². The second-order valence-electron chi connectivity index (χ2n) is 21.3. The summed E-state index contributed by atoms with van der Waals surface area (Å²) in [5.74, 6) is -1.85. The highest BCUT2D eigenvalue weighted by Gasteiger charge is 2.20. The van der Waals surface area contributed by atoms with Crippen LogP contribution in [-0.4, -0.2) is 161 Å². The molecule has 0 aromatic carbocycles. The molecule has 28 N–H and O–H groups in total. The molecule has 0 aliphatic rings. The van der Waals surface area contributed by atoms with Crippen LogP contribution in [0.15, 0.2) is 0 Å². The van der Waals surface area contributed by atoms with Crippen LogP contribution in [0.2, 0.25) is 0 Å². The summed E-state index contributed by atoms with van der Waals surface area (Å²) in [6.07, 6.45) is 17.3. The van der Waals surface area contributed by atoms with E-state index in [1.54, 1.807) is 0 Å². The fourth-order valence-electron chi connectivity index (χ4n) is 8.40. The molecule has 80 heavy (non-hydrogen) atoms. The Morgan fingerprint density at radius 2 is 0.412 bits per heavy atom. The van der Waals surface area contributed by atoms with Crippen molar-refractivity contribution in [3.63, 3.8) is 0 Å². The molecule has 0 saturated heterocycles. The van der Waals surface area contributed by atoms with E-state index in [1.165, 1.54) is 0 Å². The van der Waals surface area contributed by atoms with Crippen molar-refractivity contribution in [2.24, 2.45) is 57.3 Å². The van der Waals surface area contributed by atoms with Crippen LogP contribution < -0.4 is 99.9 Å². The van der Waals surface area contributed by atoms with Crippen molar-refractivity contribution in [2.45, 2.75) is 235 Å². The van der Waals surface area contributed by atoms with Crippen molar-refractivity contribution < 1.29 is 38.4 Å². The lowest BCUT2D eigenvalue weighted by molar-refractivity contribution is -0.124. The number of unbranched alkanes of at least 4 members (excludes halogenated alkanes) is 9. The van der Waals surface area contributed by atoms with Gasteiger partial charge in [0, 0.05) is 51.9 Å². The SMILES string of the molecule is CC(CCCCNC(=O)C(N)CCCCNC(=O)C(N)CCCCNC(=O)C(N)CCCCNC(=O)C(N)CCCCN)NC(=O)C(N)CCCCNC(=O)C(N)CCCCNC(=O)C(N)CCCCNC(=O)C(N)CCCCN. The van der Waals surface area contributed by atoms with Crippen molar-refractivity contribution in [2.75, 3.05) is 58.9 Å². The van der Waals surface area contributed by atoms with Gasteiger partial charge in [-0.2, -0.15) is 0 Å². The summed E-state index contributed by atoms with van der Waals surface area (Å²) in [5.41, 5.74) is 59.2. The van der Waals surface area contributed by atoms with Gasteiger partial charge in [-0.15, -0.1) is 0 Å². The first-order valence-corrected chi connectivity index (χ1v) is 29.9. The lowest BCUT2D eigenvalue weighted by atomic mass is 10.1. The molecule has 0 aliphatic heterocycles. The second-order valence-corrected chi connectivity index (χ2v) is 21.3. The van der Waals surface area contributed by atoms with Crippen molar-refractivity contribution in [3.8, 4) is 0 Å². The molecule has 0 spiro atoms. The van der Waals surface area contributed by atoms with Gasteiger partial charge in [0.15, 0.2) is 0 Å². The van der Waals surface area contributed by atoms with Crippen LogP contribution in [0.25, 0.3) is 0 Å². The standard InChI is InChI=1S/C54H112N18O8/c1-38(72-54(80)46(64)28-10-19-37-71-53(79)45(63)27-9-18-36-70-51(77)43(61)25-6-15-33-67-48(74)40(58)22-3-12-30-56)20-4-13-31-65-49(75)41(59)23-7-16-34-68-52(78)44(62)26-8-17-35-69-50(76)42(60)24-5-14-32-66-47(73)39(57)21-2-11-29-55/h38-46H,2-37,55-64H2,1H3,(H,65,75)(H,66,73)(H,67,74)(H,68,78)(H,69,76)(H,70,77)(H,71,79)(H,72,80). The largest absolute Gasteiger partial charge is 0.355 e. The Morgan fingerprint density at radius 1 is 0.250 bits per heavy atom. The van der Waals surface area contributed by atoms with Gasteiger partial charge in [0.05, 0.1) is 48.3 Å². The van der Waals surface area contributed by atoms with Gasteiger partial charge in [0.2, 0.25) is 47.3 Å². The van der Waals surface area contributed by atoms with Gasteiger partial charge in [-0.3, -0.25) is 38.4 Å². The summed E-state index contributed by atoms with van der Waals surface area (Å²) < 4.78 is 0. The van der Waals surface area contributed by atoms with Crippen molar-refractivity contribution in [1.29, 1.82) is 0 Å². The molecule has 0 rings (SSSR count). The molecule has 0 saturated carbocycles. The average Bonchev–Trinajstić information content (AvgIpc) is 3.43. The number of rotatable bonds is 52. The van der Waals surface area contributed by atoms with Gasteiger partial charge in [0.1, 0.15) is 0 Å². The van der Waals surface area contributed by atoms with Crippen LogP contribution >= 0.6 is 0 Å². The third-order valence-corrected chi connectivity index (χ3v) is 13.8. The first-order valence-electron chi connectivity index (χ1n) is 29.9. The minimum atomic E-state index is -0.684. The number of hydrogen-bond donors (Lipinski definition) is 18. The Kier molecular flexibility index (Phi) is 46.2. The molecule has 26 heteroatoms. The fraction of sp³-hybridized carbons (Fsp3) is 0.852. The maximum absolute atomic E-state index is 12.7. The molecule has 9 atom stereocenters. The lowest BCUT2D eigenvalue weighted by Gasteiger charge is -2.18. The highest BCUT2D eigenvalue weighted by atomic mass is 16.2. The highest BCUT2D eigenvalue weighted by Crippen LogP contribution is 2.07. The van der Waals surface area contributed by atoms with E-state index in [0.717, 1.165) is 32.1 Å². The maximum Gasteiger partial charge on any atom is 0.237 e. The predicted octanol–water partition coefficient (Wildman–Crippen LogP) is -2.63. The van der Waals surface area contributed by atoms with Gasteiger partial charge < -0.3 is 99.9 Å². The molecule has 0 radical (unpaired) electrons. The zero-order valence-corrected chi connectivity index (χ0v) is 48.7. The van der Waals surface area contributed by atoms with E-state index in [0.29, 0.717) is 200 Å². The number of nitrogens with one attached hydrogen (secondary N) is 8. The molecule has 466 valence electrons. The first kappa shape index (κ1) is 75.4. The first-order chi connectivity index (χ1) is 38.2. The molecular formula is C54H112N18O8. The highest BCUT2D eigenvalue weighted by molar-refractivity contribution is 5.84. The quantitative estimate of drug-likeness (QED) is 0.0277. The Hall–Kier alpha value is -4.64. The summed E-state index contributed by atoms with van der Waals surface area (Å²) >= 11 is 0. The zero-order valence-electron chi connectivity index (χ0n) is 48.7. The summed E-state index contributed by atoms with van der Waals surface area (Å²) in [5, 5.41) is 22.8. The van der Waals surface area contributed by atoms with Gasteiger partial charge in [-0.25, -0.2) is 0 Å². The predicted molar refractivity (Wildman–Crippen MR) is 315 cm³/mol. The summed E-state index contributed by atoms with van der Waals surface area (Å²) in [6, 6.07) is -5.21. The molecule has 0 fully saturated rings. The van der Waals surface area contributed by atoms with E-state index < -0.39 is 48.3 Å². The molecule has 9 unspecified atom stereocenters. The van der Waals surface area contributed by atoms with Crippen LogP contribution in [-0.2, 0) is 38.4 Å². The Balaban J connectivity index is 3.94. The lowest BCUT2D eigenvalue weighted by Crippen LogP contribution is -2.44. The normalized spacial score (nSPS) is 14.7. The molecule has 8 amide bonds. The van der Waals surface area contributed by atoms with E-state index in [2.05, 4.69) is 42.5 Å². The Labute approximate surface area is 477 Å². The van der Waals surface area contributed by atoms with Crippen LogP contribution in [0.5, 0.6) is 0 Å². The van der Waals surface area contributed by atoms with Crippen molar-refractivity contribution in [3.05, 3.63) is 0 Å². The maximum atomic E-state index is 12.7. The fourth-order valence-corrected chi connectivity index (χ4v) is 8.40. The minimum absolute atomic E-state index is 0.106. The molecule has 0 aromatic heterocycles. The average molecular weight is 1140 g/mol. The van der Waals surface area contributed by atoms with Crippen molar-refractivity contribution >= 4 is 47.3 Å². The Morgan fingerprint density at radius 3 is 0.600 bits per heavy atom. The third kappa shape index (κ3) is 40.5. The molecule has 0 aromatic rings. The van der Waals surface area contributed by atoms with Crippen LogP contribution in [0.3, 0.4) is 0 Å². The molecule has 26 nitrogen and oxygen atoms in total. The van der Waals surface area contributed by atoms with Gasteiger partial charge in [0.25, 0.3) is 0 Å².